The van der Waals surface area contributed by atoms with Crippen molar-refractivity contribution in [2.24, 2.45) is 5.92 Å². The molecule has 0 saturated carbocycles. The van der Waals surface area contributed by atoms with Gasteiger partial charge in [0.25, 0.3) is 0 Å². The zero-order chi connectivity index (χ0) is 13.9. The third-order valence-corrected chi connectivity index (χ3v) is 3.29. The molecule has 0 heterocycles. The number of aliphatic hydroxyl groups excluding tert-OH is 1. The van der Waals surface area contributed by atoms with E-state index in [1.165, 1.54) is 6.07 Å². The average molecular weight is 326 g/mol. The lowest BCUT2D eigenvalue weighted by molar-refractivity contribution is -0.137. The van der Waals surface area contributed by atoms with Crippen LogP contribution in [0, 0.1) is 5.92 Å². The van der Waals surface area contributed by atoms with E-state index in [1.54, 1.807) is 0 Å². The molecule has 0 amide bonds. The summed E-state index contributed by atoms with van der Waals surface area (Å²) < 4.78 is 37.8. The smallest absolute Gasteiger partial charge is 0.394 e. The Morgan fingerprint density at radius 1 is 1.33 bits per heavy atom. The molecule has 1 unspecified atom stereocenters. The summed E-state index contributed by atoms with van der Waals surface area (Å²) in [6.45, 7) is 3.77. The van der Waals surface area contributed by atoms with Crippen molar-refractivity contribution in [3.8, 4) is 0 Å². The first-order chi connectivity index (χ1) is 8.25. The second-order valence-corrected chi connectivity index (χ2v) is 5.22. The Balaban J connectivity index is 2.93. The first-order valence-electron chi connectivity index (χ1n) is 5.50. The molecule has 0 spiro atoms. The van der Waals surface area contributed by atoms with E-state index < -0.39 is 11.7 Å². The highest BCUT2D eigenvalue weighted by Crippen LogP contribution is 2.34. The van der Waals surface area contributed by atoms with E-state index in [4.69, 9.17) is 0 Å². The number of halogens is 4. The van der Waals surface area contributed by atoms with Crippen LogP contribution in [0.25, 0.3) is 0 Å². The molecule has 1 aromatic rings. The van der Waals surface area contributed by atoms with Crippen LogP contribution in [0.4, 0.5) is 18.9 Å². The molecule has 1 atom stereocenters. The summed E-state index contributed by atoms with van der Waals surface area (Å²) in [6, 6.07) is 3.20. The minimum Gasteiger partial charge on any atom is -0.394 e. The molecule has 102 valence electrons. The van der Waals surface area contributed by atoms with Crippen molar-refractivity contribution in [3.63, 3.8) is 0 Å². The fourth-order valence-electron chi connectivity index (χ4n) is 1.43. The summed E-state index contributed by atoms with van der Waals surface area (Å²) in [5.41, 5.74) is -0.166. The molecule has 1 aromatic carbocycles. The third-order valence-electron chi connectivity index (χ3n) is 2.64. The highest BCUT2D eigenvalue weighted by molar-refractivity contribution is 9.10. The largest absolute Gasteiger partial charge is 0.416 e. The summed E-state index contributed by atoms with van der Waals surface area (Å²) in [5.74, 6) is 0.171. The molecule has 0 aliphatic rings. The van der Waals surface area contributed by atoms with Gasteiger partial charge in [0, 0.05) is 10.2 Å². The highest BCUT2D eigenvalue weighted by Gasteiger charge is 2.30. The normalized spacial score (nSPS) is 13.8. The van der Waals surface area contributed by atoms with E-state index in [-0.39, 0.29) is 18.6 Å². The molecule has 0 fully saturated rings. The summed E-state index contributed by atoms with van der Waals surface area (Å²) in [6.07, 6.45) is -4.35. The molecule has 0 radical (unpaired) electrons. The number of hydrogen-bond acceptors (Lipinski definition) is 2. The topological polar surface area (TPSA) is 32.3 Å². The second-order valence-electron chi connectivity index (χ2n) is 4.37. The molecule has 0 aliphatic carbocycles. The van der Waals surface area contributed by atoms with Gasteiger partial charge in [0.15, 0.2) is 0 Å². The van der Waals surface area contributed by atoms with Gasteiger partial charge in [0.2, 0.25) is 0 Å². The number of nitrogens with one attached hydrogen (secondary N) is 1. The first-order valence-corrected chi connectivity index (χ1v) is 6.29. The molecular formula is C12H15BrF3NO. The van der Waals surface area contributed by atoms with E-state index in [9.17, 15) is 18.3 Å². The van der Waals surface area contributed by atoms with E-state index in [0.717, 1.165) is 12.1 Å². The van der Waals surface area contributed by atoms with Crippen molar-refractivity contribution in [3.05, 3.63) is 28.2 Å². The molecule has 1 rings (SSSR count). The fraction of sp³-hybridized carbons (Fsp3) is 0.500. The predicted octanol–water partition coefficient (Wildman–Crippen LogP) is 3.90. The van der Waals surface area contributed by atoms with Gasteiger partial charge < -0.3 is 10.4 Å². The minimum atomic E-state index is -4.35. The van der Waals surface area contributed by atoms with Gasteiger partial charge in [-0.2, -0.15) is 13.2 Å². The van der Waals surface area contributed by atoms with Gasteiger partial charge >= 0.3 is 6.18 Å². The summed E-state index contributed by atoms with van der Waals surface area (Å²) in [7, 11) is 0. The van der Waals surface area contributed by atoms with Gasteiger partial charge in [0.1, 0.15) is 0 Å². The minimum absolute atomic E-state index is 0.0782. The lowest BCUT2D eigenvalue weighted by Crippen LogP contribution is -2.29. The van der Waals surface area contributed by atoms with Crippen LogP contribution in [0.5, 0.6) is 0 Å². The number of aliphatic hydroxyl groups is 1. The quantitative estimate of drug-likeness (QED) is 0.880. The third kappa shape index (κ3) is 3.88. The molecule has 0 bridgehead atoms. The van der Waals surface area contributed by atoms with Crippen LogP contribution in [-0.2, 0) is 6.18 Å². The Labute approximate surface area is 112 Å². The zero-order valence-electron chi connectivity index (χ0n) is 10.1. The summed E-state index contributed by atoms with van der Waals surface area (Å²) in [4.78, 5) is 0. The molecule has 0 saturated heterocycles. The Bertz CT molecular complexity index is 407. The number of rotatable bonds is 4. The van der Waals surface area contributed by atoms with Crippen molar-refractivity contribution in [1.82, 2.24) is 0 Å². The van der Waals surface area contributed by atoms with Crippen molar-refractivity contribution < 1.29 is 18.3 Å². The predicted molar refractivity (Wildman–Crippen MR) is 68.5 cm³/mol. The Hall–Kier alpha value is -0.750. The fourth-order valence-corrected chi connectivity index (χ4v) is 1.92. The van der Waals surface area contributed by atoms with Crippen LogP contribution in [0.3, 0.4) is 0 Å². The van der Waals surface area contributed by atoms with Gasteiger partial charge in [-0.25, -0.2) is 0 Å². The molecule has 18 heavy (non-hydrogen) atoms. The monoisotopic (exact) mass is 325 g/mol. The number of benzene rings is 1. The summed E-state index contributed by atoms with van der Waals surface area (Å²) >= 11 is 3.10. The Morgan fingerprint density at radius 2 is 1.94 bits per heavy atom. The molecule has 0 aromatic heterocycles. The van der Waals surface area contributed by atoms with Gasteiger partial charge in [-0.05, 0) is 40.0 Å². The van der Waals surface area contributed by atoms with E-state index in [2.05, 4.69) is 21.2 Å². The van der Waals surface area contributed by atoms with Crippen LogP contribution in [0.2, 0.25) is 0 Å². The molecule has 2 N–H and O–H groups in total. The standard InChI is InChI=1S/C12H15BrF3NO/c1-7(2)11(6-18)17-10-4-3-8(5-9(10)13)12(14,15)16/h3-5,7,11,17-18H,6H2,1-2H3. The Kier molecular flexibility index (Phi) is 5.04. The highest BCUT2D eigenvalue weighted by atomic mass is 79.9. The van der Waals surface area contributed by atoms with Crippen molar-refractivity contribution in [2.45, 2.75) is 26.1 Å². The summed E-state index contributed by atoms with van der Waals surface area (Å²) in [5, 5.41) is 12.2. The Morgan fingerprint density at radius 3 is 2.33 bits per heavy atom. The van der Waals surface area contributed by atoms with Crippen LogP contribution < -0.4 is 5.32 Å². The van der Waals surface area contributed by atoms with Gasteiger partial charge in [-0.1, -0.05) is 13.8 Å². The van der Waals surface area contributed by atoms with E-state index >= 15 is 0 Å². The molecular weight excluding hydrogens is 311 g/mol. The van der Waals surface area contributed by atoms with Crippen molar-refractivity contribution in [2.75, 3.05) is 11.9 Å². The maximum Gasteiger partial charge on any atom is 0.416 e. The van der Waals surface area contributed by atoms with Crippen LogP contribution in [0.15, 0.2) is 22.7 Å². The molecule has 6 heteroatoms. The van der Waals surface area contributed by atoms with E-state index in [0.29, 0.717) is 10.2 Å². The van der Waals surface area contributed by atoms with Crippen LogP contribution in [0.1, 0.15) is 19.4 Å². The number of anilines is 1. The van der Waals surface area contributed by atoms with Crippen LogP contribution in [-0.4, -0.2) is 17.8 Å². The first kappa shape index (κ1) is 15.3. The van der Waals surface area contributed by atoms with Gasteiger partial charge in [-0.15, -0.1) is 0 Å². The number of hydrogen-bond donors (Lipinski definition) is 2. The maximum atomic E-state index is 12.5. The number of alkyl halides is 3. The van der Waals surface area contributed by atoms with Crippen LogP contribution >= 0.6 is 15.9 Å². The maximum absolute atomic E-state index is 12.5. The second kappa shape index (κ2) is 5.93. The van der Waals surface area contributed by atoms with Crippen molar-refractivity contribution >= 4 is 21.6 Å². The van der Waals surface area contributed by atoms with Crippen molar-refractivity contribution in [1.29, 1.82) is 0 Å². The molecule has 0 aliphatic heterocycles. The van der Waals surface area contributed by atoms with E-state index in [1.807, 2.05) is 13.8 Å². The lowest BCUT2D eigenvalue weighted by Gasteiger charge is -2.22. The van der Waals surface area contributed by atoms with Gasteiger partial charge in [0.05, 0.1) is 18.2 Å². The zero-order valence-corrected chi connectivity index (χ0v) is 11.6. The van der Waals surface area contributed by atoms with Gasteiger partial charge in [-0.3, -0.25) is 0 Å². The lowest BCUT2D eigenvalue weighted by atomic mass is 10.0. The average Bonchev–Trinajstić information content (AvgIpc) is 2.25. The molecule has 2 nitrogen and oxygen atoms in total. The SMILES string of the molecule is CC(C)C(CO)Nc1ccc(C(F)(F)F)cc1Br.